The Morgan fingerprint density at radius 1 is 1.02 bits per heavy atom. The number of aromatic nitrogens is 3. The van der Waals surface area contributed by atoms with E-state index in [9.17, 15) is 9.59 Å². The van der Waals surface area contributed by atoms with Crippen LogP contribution in [0.2, 0.25) is 10.0 Å². The molecule has 2 aromatic carbocycles. The molecule has 2 fully saturated rings. The zero-order chi connectivity index (χ0) is 34.9. The molecule has 0 unspecified atom stereocenters. The maximum absolute atomic E-state index is 11.5. The second-order valence-electron chi connectivity index (χ2n) is 13.0. The quantitative estimate of drug-likeness (QED) is 0.155. The molecule has 2 aliphatic heterocycles. The molecular formula is C38H39Cl2N7O3. The summed E-state index contributed by atoms with van der Waals surface area (Å²) in [4.78, 5) is 34.6. The van der Waals surface area contributed by atoms with Gasteiger partial charge in [0.05, 0.1) is 28.5 Å². The van der Waals surface area contributed by atoms with Gasteiger partial charge in [-0.3, -0.25) is 14.6 Å². The van der Waals surface area contributed by atoms with Crippen LogP contribution in [0.4, 0.5) is 0 Å². The van der Waals surface area contributed by atoms with Crippen molar-refractivity contribution in [1.29, 1.82) is 0 Å². The summed E-state index contributed by atoms with van der Waals surface area (Å²) in [6, 6.07) is 18.3. The number of benzene rings is 2. The number of carbonyl (C=O) groups excluding carboxylic acids is 2. The van der Waals surface area contributed by atoms with E-state index >= 15 is 0 Å². The van der Waals surface area contributed by atoms with E-state index in [1.165, 1.54) is 0 Å². The monoisotopic (exact) mass is 711 g/mol. The molecule has 0 aliphatic carbocycles. The van der Waals surface area contributed by atoms with Gasteiger partial charge in [0.2, 0.25) is 11.8 Å². The first-order valence-electron chi connectivity index (χ1n) is 16.7. The van der Waals surface area contributed by atoms with Crippen LogP contribution in [0, 0.1) is 0 Å². The number of aryl methyl sites for hydroxylation is 1. The lowest BCUT2D eigenvalue weighted by atomic mass is 9.99. The van der Waals surface area contributed by atoms with Crippen LogP contribution < -0.4 is 20.7 Å². The molecule has 0 radical (unpaired) electrons. The van der Waals surface area contributed by atoms with Crippen molar-refractivity contribution >= 4 is 46.0 Å². The van der Waals surface area contributed by atoms with Crippen molar-refractivity contribution in [2.24, 2.45) is 7.05 Å². The largest absolute Gasteiger partial charge is 0.496 e. The Labute approximate surface area is 301 Å². The van der Waals surface area contributed by atoms with Crippen LogP contribution in [0.1, 0.15) is 30.9 Å². The molecule has 7 rings (SSSR count). The molecule has 5 aromatic rings. The standard InChI is InChI=1S/C38H39Cl2N7O3/c1-22(48)47-20-27(21-47)43-17-25-19-46(2)38-28(25)10-11-32(45-38)31-6-4-5-29(35(31)39)30-13-14-42-37(36(30)40)23-7-8-24(33(15-23)50-3)16-41-18-26-9-12-34(49)44-26/h4-8,10-11,13-15,19,26-27,41,43H,9,12,16-18,20-21H2,1-3H3,(H,44,49)/t26-/m0/s1. The lowest BCUT2D eigenvalue weighted by Crippen LogP contribution is -2.59. The summed E-state index contributed by atoms with van der Waals surface area (Å²) in [7, 11) is 3.64. The zero-order valence-corrected chi connectivity index (χ0v) is 29.7. The number of rotatable bonds is 11. The minimum absolute atomic E-state index is 0.107. The third-order valence-electron chi connectivity index (χ3n) is 9.62. The number of nitrogens with one attached hydrogen (secondary N) is 3. The second kappa shape index (κ2) is 14.4. The number of halogens is 2. The fraction of sp³-hybridized carbons (Fsp3) is 0.316. The van der Waals surface area contributed by atoms with Crippen molar-refractivity contribution in [2.45, 2.75) is 44.9 Å². The Balaban J connectivity index is 1.11. The highest BCUT2D eigenvalue weighted by molar-refractivity contribution is 6.39. The molecule has 1 atom stereocenters. The average molecular weight is 713 g/mol. The third-order valence-corrected chi connectivity index (χ3v) is 10.4. The van der Waals surface area contributed by atoms with Crippen LogP contribution in [0.15, 0.2) is 67.0 Å². The Morgan fingerprint density at radius 2 is 1.82 bits per heavy atom. The molecular weight excluding hydrogens is 673 g/mol. The molecule has 50 heavy (non-hydrogen) atoms. The van der Waals surface area contributed by atoms with Gasteiger partial charge in [0.15, 0.2) is 0 Å². The van der Waals surface area contributed by atoms with Crippen molar-refractivity contribution < 1.29 is 14.3 Å². The van der Waals surface area contributed by atoms with E-state index in [4.69, 9.17) is 32.9 Å². The van der Waals surface area contributed by atoms with Gasteiger partial charge in [-0.15, -0.1) is 0 Å². The highest BCUT2D eigenvalue weighted by atomic mass is 35.5. The van der Waals surface area contributed by atoms with Gasteiger partial charge in [0.25, 0.3) is 0 Å². The van der Waals surface area contributed by atoms with E-state index in [1.807, 2.05) is 65.0 Å². The molecule has 3 N–H and O–H groups in total. The highest BCUT2D eigenvalue weighted by Gasteiger charge is 2.28. The van der Waals surface area contributed by atoms with Crippen LogP contribution in [-0.2, 0) is 29.7 Å². The first-order chi connectivity index (χ1) is 24.2. The van der Waals surface area contributed by atoms with Crippen molar-refractivity contribution in [1.82, 2.24) is 35.4 Å². The first kappa shape index (κ1) is 34.0. The van der Waals surface area contributed by atoms with E-state index in [0.717, 1.165) is 75.4 Å². The summed E-state index contributed by atoms with van der Waals surface area (Å²) < 4.78 is 7.78. The minimum atomic E-state index is 0.107. The number of ether oxygens (including phenoxy) is 1. The number of likely N-dealkylation sites (tertiary alicyclic amines) is 1. The maximum atomic E-state index is 11.5. The number of nitrogens with zero attached hydrogens (tertiary/aromatic N) is 4. The number of fused-ring (bicyclic) bond motifs is 1. The number of amides is 2. The Kier molecular flexibility index (Phi) is 9.79. The molecule has 2 saturated heterocycles. The summed E-state index contributed by atoms with van der Waals surface area (Å²) in [6.07, 6.45) is 5.26. The molecule has 3 aromatic heterocycles. The second-order valence-corrected chi connectivity index (χ2v) is 13.7. The lowest BCUT2D eigenvalue weighted by Gasteiger charge is -2.39. The van der Waals surface area contributed by atoms with Crippen molar-refractivity contribution in [3.63, 3.8) is 0 Å². The lowest BCUT2D eigenvalue weighted by molar-refractivity contribution is -0.133. The molecule has 10 nitrogen and oxygen atoms in total. The molecule has 0 spiro atoms. The van der Waals surface area contributed by atoms with Gasteiger partial charge in [0.1, 0.15) is 11.4 Å². The molecule has 2 amide bonds. The SMILES string of the molecule is COc1cc(-c2nccc(-c3cccc(-c4ccc5c(CNC6CN(C(C)=O)C6)cn(C)c5n4)c3Cl)c2Cl)ccc1CNC[C@@H]1CCC(=O)N1. The summed E-state index contributed by atoms with van der Waals surface area (Å²) in [5.41, 5.74) is 7.56. The molecule has 2 aliphatic rings. The Morgan fingerprint density at radius 3 is 2.58 bits per heavy atom. The summed E-state index contributed by atoms with van der Waals surface area (Å²) in [6.45, 7) is 5.07. The number of carbonyl (C=O) groups is 2. The minimum Gasteiger partial charge on any atom is -0.496 e. The number of hydrogen-bond acceptors (Lipinski definition) is 7. The average Bonchev–Trinajstić information content (AvgIpc) is 3.65. The van der Waals surface area contributed by atoms with Gasteiger partial charge in [0, 0.05) is 111 Å². The normalized spacial score (nSPS) is 16.1. The van der Waals surface area contributed by atoms with Crippen LogP contribution >= 0.6 is 23.2 Å². The fourth-order valence-corrected chi connectivity index (χ4v) is 7.43. The number of methoxy groups -OCH3 is 1. The van der Waals surface area contributed by atoms with Crippen LogP contribution in [0.5, 0.6) is 5.75 Å². The van der Waals surface area contributed by atoms with Crippen LogP contribution in [0.3, 0.4) is 0 Å². The van der Waals surface area contributed by atoms with E-state index in [1.54, 1.807) is 20.2 Å². The summed E-state index contributed by atoms with van der Waals surface area (Å²) in [5, 5.41) is 12.1. The topological polar surface area (TPSA) is 113 Å². The summed E-state index contributed by atoms with van der Waals surface area (Å²) in [5.74, 6) is 0.942. The maximum Gasteiger partial charge on any atom is 0.220 e. The molecule has 12 heteroatoms. The zero-order valence-electron chi connectivity index (χ0n) is 28.2. The van der Waals surface area contributed by atoms with Gasteiger partial charge in [-0.1, -0.05) is 53.5 Å². The molecule has 0 bridgehead atoms. The molecule has 5 heterocycles. The van der Waals surface area contributed by atoms with Crippen LogP contribution in [-0.4, -0.2) is 70.1 Å². The molecule has 0 saturated carbocycles. The van der Waals surface area contributed by atoms with E-state index in [-0.39, 0.29) is 17.9 Å². The Bertz CT molecular complexity index is 2090. The van der Waals surface area contributed by atoms with E-state index in [2.05, 4.69) is 33.2 Å². The predicted octanol–water partition coefficient (Wildman–Crippen LogP) is 5.97. The van der Waals surface area contributed by atoms with E-state index in [0.29, 0.717) is 47.8 Å². The van der Waals surface area contributed by atoms with Gasteiger partial charge in [-0.2, -0.15) is 0 Å². The molecule has 258 valence electrons. The van der Waals surface area contributed by atoms with Crippen molar-refractivity contribution in [2.75, 3.05) is 26.7 Å². The smallest absolute Gasteiger partial charge is 0.220 e. The predicted molar refractivity (Wildman–Crippen MR) is 197 cm³/mol. The van der Waals surface area contributed by atoms with Gasteiger partial charge < -0.3 is 30.2 Å². The first-order valence-corrected chi connectivity index (χ1v) is 17.5. The highest BCUT2D eigenvalue weighted by Crippen LogP contribution is 2.42. The fourth-order valence-electron chi connectivity index (χ4n) is 6.78. The van der Waals surface area contributed by atoms with Crippen LogP contribution in [0.25, 0.3) is 44.7 Å². The third kappa shape index (κ3) is 6.81. The van der Waals surface area contributed by atoms with Crippen molar-refractivity contribution in [3.8, 4) is 39.4 Å². The van der Waals surface area contributed by atoms with Gasteiger partial charge >= 0.3 is 0 Å². The van der Waals surface area contributed by atoms with Gasteiger partial charge in [-0.25, -0.2) is 4.98 Å². The van der Waals surface area contributed by atoms with Crippen molar-refractivity contribution in [3.05, 3.63) is 88.2 Å². The Hall–Kier alpha value is -4.48. The number of pyridine rings is 2. The summed E-state index contributed by atoms with van der Waals surface area (Å²) >= 11 is 14.2. The van der Waals surface area contributed by atoms with Gasteiger partial charge in [-0.05, 0) is 36.2 Å². The van der Waals surface area contributed by atoms with E-state index < -0.39 is 0 Å². The number of hydrogen-bond donors (Lipinski definition) is 3.